The van der Waals surface area contributed by atoms with Crippen LogP contribution in [0.5, 0.6) is 0 Å². The molecular weight excluding hydrogens is 220 g/mol. The van der Waals surface area contributed by atoms with Crippen LogP contribution in [0, 0.1) is 5.38 Å². The average molecular weight is 235 g/mol. The Hall–Kier alpha value is -0.600. The fraction of sp³-hybridized carbons (Fsp3) is 0.385. The molecule has 0 spiro atoms. The molecule has 79 valence electrons. The molecule has 1 radical (unpaired) electrons. The molecule has 2 rings (SSSR count). The third kappa shape index (κ3) is 2.93. The average Bonchev–Trinajstić information content (AvgIpc) is 2.87. The molecule has 0 aliphatic rings. The van der Waals surface area contributed by atoms with Crippen LogP contribution in [0.1, 0.15) is 31.1 Å². The first-order valence-corrected chi connectivity index (χ1v) is 7.08. The Balaban J connectivity index is 1.98. The van der Waals surface area contributed by atoms with Gasteiger partial charge in [0.25, 0.3) is 0 Å². The minimum atomic E-state index is 1.24. The van der Waals surface area contributed by atoms with Crippen molar-refractivity contribution in [3.63, 3.8) is 0 Å². The number of rotatable bonds is 5. The first kappa shape index (κ1) is 10.9. The van der Waals surface area contributed by atoms with Crippen LogP contribution in [0.25, 0.3) is 9.75 Å². The molecule has 0 bridgehead atoms. The van der Waals surface area contributed by atoms with Gasteiger partial charge in [-0.05, 0) is 37.1 Å². The van der Waals surface area contributed by atoms with Crippen LogP contribution >= 0.6 is 22.7 Å². The topological polar surface area (TPSA) is 0 Å². The molecule has 2 aromatic rings. The minimum absolute atomic E-state index is 1.24. The van der Waals surface area contributed by atoms with Crippen LogP contribution in [-0.2, 0) is 6.42 Å². The highest BCUT2D eigenvalue weighted by molar-refractivity contribution is 7.21. The summed E-state index contributed by atoms with van der Waals surface area (Å²) in [7, 11) is 0. The Morgan fingerprint density at radius 1 is 1.13 bits per heavy atom. The number of thiophene rings is 2. The first-order valence-electron chi connectivity index (χ1n) is 5.45. The quantitative estimate of drug-likeness (QED) is 0.639. The Morgan fingerprint density at radius 3 is 2.80 bits per heavy atom. The van der Waals surface area contributed by atoms with Crippen LogP contribution in [-0.4, -0.2) is 0 Å². The van der Waals surface area contributed by atoms with E-state index in [1.165, 1.54) is 40.3 Å². The summed E-state index contributed by atoms with van der Waals surface area (Å²) in [6.45, 7) is 2.25. The number of unbranched alkanes of at least 4 members (excludes halogenated alkanes) is 2. The second-order valence-corrected chi connectivity index (χ2v) is 5.69. The highest BCUT2D eigenvalue weighted by Crippen LogP contribution is 2.31. The van der Waals surface area contributed by atoms with Crippen LogP contribution in [0.2, 0.25) is 0 Å². The molecule has 0 nitrogen and oxygen atoms in total. The maximum absolute atomic E-state index is 3.14. The summed E-state index contributed by atoms with van der Waals surface area (Å²) in [5.74, 6) is 0. The highest BCUT2D eigenvalue weighted by Gasteiger charge is 2.03. The first-order chi connectivity index (χ1) is 7.40. The van der Waals surface area contributed by atoms with Gasteiger partial charge in [-0.15, -0.1) is 22.7 Å². The molecule has 0 aromatic carbocycles. The van der Waals surface area contributed by atoms with Crippen molar-refractivity contribution < 1.29 is 0 Å². The van der Waals surface area contributed by atoms with E-state index in [2.05, 4.69) is 30.5 Å². The second-order valence-electron chi connectivity index (χ2n) is 3.64. The number of aryl methyl sites for hydroxylation is 1. The van der Waals surface area contributed by atoms with Gasteiger partial charge < -0.3 is 0 Å². The van der Waals surface area contributed by atoms with E-state index in [1.54, 1.807) is 11.3 Å². The molecular formula is C13H15S2. The molecule has 0 saturated carbocycles. The summed E-state index contributed by atoms with van der Waals surface area (Å²) < 4.78 is 0. The van der Waals surface area contributed by atoms with Crippen molar-refractivity contribution in [3.8, 4) is 9.75 Å². The van der Waals surface area contributed by atoms with Crippen molar-refractivity contribution in [2.24, 2.45) is 0 Å². The fourth-order valence-corrected chi connectivity index (χ4v) is 3.36. The van der Waals surface area contributed by atoms with Crippen LogP contribution in [0.15, 0.2) is 24.3 Å². The van der Waals surface area contributed by atoms with Gasteiger partial charge in [0.1, 0.15) is 0 Å². The largest absolute Gasteiger partial charge is 0.139 e. The molecule has 0 amide bonds. The van der Waals surface area contributed by atoms with Gasteiger partial charge in [-0.2, -0.15) is 0 Å². The van der Waals surface area contributed by atoms with Crippen molar-refractivity contribution in [1.82, 2.24) is 0 Å². The van der Waals surface area contributed by atoms with Gasteiger partial charge >= 0.3 is 0 Å². The summed E-state index contributed by atoms with van der Waals surface area (Å²) >= 11 is 3.63. The summed E-state index contributed by atoms with van der Waals surface area (Å²) in [6.07, 6.45) is 5.22. The van der Waals surface area contributed by atoms with Crippen LogP contribution in [0.4, 0.5) is 0 Å². The monoisotopic (exact) mass is 235 g/mol. The standard InChI is InChI=1S/C13H15S2/c1-2-3-4-6-11-8-9-13(15-11)12-7-5-10-14-12/h5,7-9H,2-4,6H2,1H3. The number of hydrogen-bond donors (Lipinski definition) is 0. The summed E-state index contributed by atoms with van der Waals surface area (Å²) in [5.41, 5.74) is 0. The zero-order chi connectivity index (χ0) is 10.5. The smallest absolute Gasteiger partial charge is 0.0449 e. The van der Waals surface area contributed by atoms with Crippen molar-refractivity contribution in [1.29, 1.82) is 0 Å². The third-order valence-electron chi connectivity index (χ3n) is 2.40. The van der Waals surface area contributed by atoms with Crippen molar-refractivity contribution in [2.45, 2.75) is 32.6 Å². The third-order valence-corrected chi connectivity index (χ3v) is 4.54. The molecule has 0 aliphatic carbocycles. The van der Waals surface area contributed by atoms with E-state index in [0.717, 1.165) is 0 Å². The predicted molar refractivity (Wildman–Crippen MR) is 69.7 cm³/mol. The van der Waals surface area contributed by atoms with Gasteiger partial charge in [-0.3, -0.25) is 0 Å². The lowest BCUT2D eigenvalue weighted by molar-refractivity contribution is 0.722. The molecule has 2 aromatic heterocycles. The zero-order valence-corrected chi connectivity index (χ0v) is 10.6. The second kappa shape index (κ2) is 5.47. The lowest BCUT2D eigenvalue weighted by atomic mass is 10.2. The van der Waals surface area contributed by atoms with Gasteiger partial charge in [0, 0.05) is 20.0 Å². The summed E-state index contributed by atoms with van der Waals surface area (Å²) in [4.78, 5) is 4.27. The maximum atomic E-state index is 3.14. The molecule has 0 aliphatic heterocycles. The van der Waals surface area contributed by atoms with E-state index in [-0.39, 0.29) is 0 Å². The Bertz CT molecular complexity index is 384. The predicted octanol–water partition coefficient (Wildman–Crippen LogP) is 5.01. The van der Waals surface area contributed by atoms with Gasteiger partial charge in [0.2, 0.25) is 0 Å². The molecule has 15 heavy (non-hydrogen) atoms. The summed E-state index contributed by atoms with van der Waals surface area (Å²) in [5, 5.41) is 3.14. The Kier molecular flexibility index (Phi) is 3.98. The molecule has 0 fully saturated rings. The molecule has 0 saturated heterocycles. The molecule has 2 heteroatoms. The molecule has 0 unspecified atom stereocenters. The lowest BCUT2D eigenvalue weighted by Crippen LogP contribution is -1.78. The van der Waals surface area contributed by atoms with E-state index < -0.39 is 0 Å². The Morgan fingerprint density at radius 2 is 2.07 bits per heavy atom. The van der Waals surface area contributed by atoms with Crippen LogP contribution in [0.3, 0.4) is 0 Å². The van der Waals surface area contributed by atoms with Gasteiger partial charge in [-0.1, -0.05) is 19.8 Å². The van der Waals surface area contributed by atoms with E-state index >= 15 is 0 Å². The van der Waals surface area contributed by atoms with E-state index in [9.17, 15) is 0 Å². The SMILES string of the molecule is CCCCCc1ccc(-c2cc[c]s2)s1. The normalized spacial score (nSPS) is 10.7. The zero-order valence-electron chi connectivity index (χ0n) is 8.95. The molecule has 0 atom stereocenters. The van der Waals surface area contributed by atoms with Gasteiger partial charge in [-0.25, -0.2) is 0 Å². The lowest BCUT2D eigenvalue weighted by Gasteiger charge is -1.94. The van der Waals surface area contributed by atoms with Gasteiger partial charge in [0.05, 0.1) is 0 Å². The van der Waals surface area contributed by atoms with E-state index in [4.69, 9.17) is 0 Å². The van der Waals surface area contributed by atoms with E-state index in [1.807, 2.05) is 17.4 Å². The fourth-order valence-electron chi connectivity index (χ4n) is 1.57. The van der Waals surface area contributed by atoms with Crippen molar-refractivity contribution in [3.05, 3.63) is 34.5 Å². The van der Waals surface area contributed by atoms with Crippen molar-refractivity contribution >= 4 is 22.7 Å². The highest BCUT2D eigenvalue weighted by atomic mass is 32.1. The maximum Gasteiger partial charge on any atom is 0.0449 e. The molecule has 2 heterocycles. The van der Waals surface area contributed by atoms with Gasteiger partial charge in [0.15, 0.2) is 0 Å². The Labute approximate surface area is 99.6 Å². The summed E-state index contributed by atoms with van der Waals surface area (Å²) in [6, 6.07) is 8.66. The van der Waals surface area contributed by atoms with Crippen molar-refractivity contribution in [2.75, 3.05) is 0 Å². The van der Waals surface area contributed by atoms with E-state index in [0.29, 0.717) is 0 Å². The minimum Gasteiger partial charge on any atom is -0.139 e. The molecule has 0 N–H and O–H groups in total. The number of hydrogen-bond acceptors (Lipinski definition) is 2. The van der Waals surface area contributed by atoms with Crippen LogP contribution < -0.4 is 0 Å².